The molecule has 1 aliphatic heterocycles. The van der Waals surface area contributed by atoms with Gasteiger partial charge in [0.1, 0.15) is 12.4 Å². The zero-order valence-corrected chi connectivity index (χ0v) is 19.8. The molecule has 0 aliphatic carbocycles. The van der Waals surface area contributed by atoms with Crippen LogP contribution in [-0.4, -0.2) is 27.8 Å². The Hall–Kier alpha value is -4.17. The van der Waals surface area contributed by atoms with Crippen molar-refractivity contribution in [3.8, 4) is 16.6 Å². The van der Waals surface area contributed by atoms with Crippen LogP contribution in [0.2, 0.25) is 0 Å². The standard InChI is InChI=1S/C27H22N4O3S/c1-33-22-12-7-10-18(25(22)34-16-17-8-3-2-4-9-17)19-14-24(32)30-26-20(19)15-28-31(26)27-29-21-11-5-6-13-23(21)35-27/h2-13,15,19H,14,16H2,1H3,(H,30,32). The molecule has 174 valence electrons. The smallest absolute Gasteiger partial charge is 0.226 e. The molecule has 1 unspecified atom stereocenters. The van der Waals surface area contributed by atoms with E-state index in [-0.39, 0.29) is 18.2 Å². The number of aromatic nitrogens is 3. The summed E-state index contributed by atoms with van der Waals surface area (Å²) < 4.78 is 14.7. The fourth-order valence-electron chi connectivity index (χ4n) is 4.44. The number of thiazole rings is 1. The summed E-state index contributed by atoms with van der Waals surface area (Å²) >= 11 is 1.53. The van der Waals surface area contributed by atoms with Gasteiger partial charge in [-0.1, -0.05) is 65.9 Å². The third-order valence-corrected chi connectivity index (χ3v) is 7.13. The van der Waals surface area contributed by atoms with Crippen molar-refractivity contribution in [1.82, 2.24) is 14.8 Å². The van der Waals surface area contributed by atoms with E-state index in [1.54, 1.807) is 11.8 Å². The van der Waals surface area contributed by atoms with E-state index in [2.05, 4.69) is 10.4 Å². The topological polar surface area (TPSA) is 78.3 Å². The third-order valence-electron chi connectivity index (χ3n) is 6.11. The number of hydrogen-bond acceptors (Lipinski definition) is 6. The monoisotopic (exact) mass is 482 g/mol. The first kappa shape index (κ1) is 21.4. The van der Waals surface area contributed by atoms with Gasteiger partial charge in [0.2, 0.25) is 11.0 Å². The number of rotatable bonds is 6. The Bertz CT molecular complexity index is 1490. The van der Waals surface area contributed by atoms with E-state index in [9.17, 15) is 4.79 Å². The molecule has 7 nitrogen and oxygen atoms in total. The molecule has 6 rings (SSSR count). The molecule has 1 atom stereocenters. The highest BCUT2D eigenvalue weighted by Crippen LogP contribution is 2.45. The maximum Gasteiger partial charge on any atom is 0.226 e. The number of fused-ring (bicyclic) bond motifs is 2. The number of benzene rings is 3. The van der Waals surface area contributed by atoms with Crippen LogP contribution < -0.4 is 14.8 Å². The molecular weight excluding hydrogens is 460 g/mol. The van der Waals surface area contributed by atoms with Gasteiger partial charge in [0.05, 0.1) is 23.5 Å². The first-order chi connectivity index (χ1) is 17.2. The Morgan fingerprint density at radius 1 is 1.03 bits per heavy atom. The van der Waals surface area contributed by atoms with Crippen molar-refractivity contribution in [2.45, 2.75) is 18.9 Å². The lowest BCUT2D eigenvalue weighted by Crippen LogP contribution is -2.25. The number of amides is 1. The predicted octanol–water partition coefficient (Wildman–Crippen LogP) is 5.54. The molecule has 8 heteroatoms. The number of carbonyl (C=O) groups is 1. The average molecular weight is 483 g/mol. The van der Waals surface area contributed by atoms with Crippen LogP contribution in [0.15, 0.2) is 79.0 Å². The fraction of sp³-hybridized carbons (Fsp3) is 0.148. The second-order valence-electron chi connectivity index (χ2n) is 8.28. The molecule has 0 spiro atoms. The van der Waals surface area contributed by atoms with E-state index in [0.29, 0.717) is 29.1 Å². The Labute approximate surface area is 206 Å². The molecule has 1 amide bonds. The summed E-state index contributed by atoms with van der Waals surface area (Å²) in [4.78, 5) is 17.6. The highest BCUT2D eigenvalue weighted by Gasteiger charge is 2.33. The van der Waals surface area contributed by atoms with Crippen molar-refractivity contribution in [2.24, 2.45) is 0 Å². The van der Waals surface area contributed by atoms with E-state index in [1.807, 2.05) is 79.0 Å². The van der Waals surface area contributed by atoms with Gasteiger partial charge in [-0.2, -0.15) is 9.78 Å². The molecule has 5 aromatic rings. The summed E-state index contributed by atoms with van der Waals surface area (Å²) in [6.45, 7) is 0.394. The molecule has 3 aromatic carbocycles. The largest absolute Gasteiger partial charge is 0.493 e. The molecule has 0 bridgehead atoms. The van der Waals surface area contributed by atoms with Gasteiger partial charge in [-0.3, -0.25) is 4.79 Å². The minimum absolute atomic E-state index is 0.0813. The van der Waals surface area contributed by atoms with Gasteiger partial charge in [0, 0.05) is 23.5 Å². The SMILES string of the molecule is COc1cccc(C2CC(=O)Nc3c2cnn3-c2nc3ccccc3s2)c1OCc1ccccc1. The van der Waals surface area contributed by atoms with Crippen LogP contribution in [0.4, 0.5) is 5.82 Å². The maximum absolute atomic E-state index is 12.9. The molecule has 0 saturated carbocycles. The normalized spacial score (nSPS) is 15.0. The average Bonchev–Trinajstić information content (AvgIpc) is 3.51. The van der Waals surface area contributed by atoms with E-state index < -0.39 is 0 Å². The number of nitrogens with one attached hydrogen (secondary N) is 1. The van der Waals surface area contributed by atoms with Crippen molar-refractivity contribution in [2.75, 3.05) is 12.4 Å². The van der Waals surface area contributed by atoms with Crippen LogP contribution in [0.5, 0.6) is 11.5 Å². The van der Waals surface area contributed by atoms with Crippen LogP contribution in [0.1, 0.15) is 29.0 Å². The Balaban J connectivity index is 1.41. The lowest BCUT2D eigenvalue weighted by atomic mass is 9.86. The Morgan fingerprint density at radius 2 is 1.86 bits per heavy atom. The summed E-state index contributed by atoms with van der Waals surface area (Å²) in [7, 11) is 1.62. The molecule has 0 radical (unpaired) electrons. The molecule has 3 heterocycles. The van der Waals surface area contributed by atoms with Crippen LogP contribution in [0.3, 0.4) is 0 Å². The van der Waals surface area contributed by atoms with E-state index in [0.717, 1.165) is 26.9 Å². The minimum Gasteiger partial charge on any atom is -0.493 e. The molecule has 2 aromatic heterocycles. The number of ether oxygens (including phenoxy) is 2. The molecular formula is C27H22N4O3S. The van der Waals surface area contributed by atoms with Gasteiger partial charge in [-0.05, 0) is 23.8 Å². The third kappa shape index (κ3) is 3.91. The zero-order valence-electron chi connectivity index (χ0n) is 19.0. The molecule has 0 fully saturated rings. The first-order valence-electron chi connectivity index (χ1n) is 11.3. The van der Waals surface area contributed by atoms with Crippen molar-refractivity contribution < 1.29 is 14.3 Å². The number of carbonyl (C=O) groups excluding carboxylic acids is 1. The molecule has 35 heavy (non-hydrogen) atoms. The van der Waals surface area contributed by atoms with Crippen molar-refractivity contribution >= 4 is 33.3 Å². The summed E-state index contributed by atoms with van der Waals surface area (Å²) in [5.74, 6) is 1.59. The predicted molar refractivity (Wildman–Crippen MR) is 136 cm³/mol. The van der Waals surface area contributed by atoms with E-state index in [1.165, 1.54) is 11.3 Å². The summed E-state index contributed by atoms with van der Waals surface area (Å²) in [6.07, 6.45) is 2.10. The van der Waals surface area contributed by atoms with E-state index in [4.69, 9.17) is 14.5 Å². The minimum atomic E-state index is -0.234. The van der Waals surface area contributed by atoms with Gasteiger partial charge in [0.15, 0.2) is 11.5 Å². The van der Waals surface area contributed by atoms with Crippen LogP contribution in [0, 0.1) is 0 Å². The second kappa shape index (κ2) is 8.88. The van der Waals surface area contributed by atoms with Crippen molar-refractivity contribution in [3.05, 3.63) is 95.7 Å². The Morgan fingerprint density at radius 3 is 2.69 bits per heavy atom. The zero-order chi connectivity index (χ0) is 23.8. The van der Waals surface area contributed by atoms with E-state index >= 15 is 0 Å². The van der Waals surface area contributed by atoms with Gasteiger partial charge >= 0.3 is 0 Å². The number of methoxy groups -OCH3 is 1. The fourth-order valence-corrected chi connectivity index (χ4v) is 5.38. The highest BCUT2D eigenvalue weighted by atomic mass is 32.1. The summed E-state index contributed by atoms with van der Waals surface area (Å²) in [5, 5.41) is 8.34. The molecule has 0 saturated heterocycles. The van der Waals surface area contributed by atoms with Gasteiger partial charge < -0.3 is 14.8 Å². The number of hydrogen-bond donors (Lipinski definition) is 1. The van der Waals surface area contributed by atoms with Crippen LogP contribution in [-0.2, 0) is 11.4 Å². The number of nitrogens with zero attached hydrogens (tertiary/aromatic N) is 3. The highest BCUT2D eigenvalue weighted by molar-refractivity contribution is 7.20. The summed E-state index contributed by atoms with van der Waals surface area (Å²) in [6, 6.07) is 23.7. The second-order valence-corrected chi connectivity index (χ2v) is 9.29. The quantitative estimate of drug-likeness (QED) is 0.344. The summed E-state index contributed by atoms with van der Waals surface area (Å²) in [5.41, 5.74) is 3.76. The Kier molecular flexibility index (Phi) is 5.42. The first-order valence-corrected chi connectivity index (χ1v) is 12.1. The lowest BCUT2D eigenvalue weighted by Gasteiger charge is -2.26. The van der Waals surface area contributed by atoms with Gasteiger partial charge in [-0.25, -0.2) is 4.98 Å². The van der Waals surface area contributed by atoms with Crippen molar-refractivity contribution in [1.29, 1.82) is 0 Å². The van der Waals surface area contributed by atoms with Crippen molar-refractivity contribution in [3.63, 3.8) is 0 Å². The van der Waals surface area contributed by atoms with Gasteiger partial charge in [-0.15, -0.1) is 0 Å². The lowest BCUT2D eigenvalue weighted by molar-refractivity contribution is -0.116. The molecule has 1 N–H and O–H groups in total. The molecule has 1 aliphatic rings. The number of para-hydroxylation sites is 2. The number of anilines is 1. The van der Waals surface area contributed by atoms with Crippen LogP contribution in [0.25, 0.3) is 15.3 Å². The maximum atomic E-state index is 12.9. The van der Waals surface area contributed by atoms with Crippen LogP contribution >= 0.6 is 11.3 Å². The van der Waals surface area contributed by atoms with Gasteiger partial charge in [0.25, 0.3) is 0 Å².